The molecule has 0 aromatic heterocycles. The van der Waals surface area contributed by atoms with Crippen molar-refractivity contribution in [1.29, 1.82) is 0 Å². The van der Waals surface area contributed by atoms with Gasteiger partial charge in [0.1, 0.15) is 0 Å². The second-order valence-corrected chi connectivity index (χ2v) is 5.31. The lowest BCUT2D eigenvalue weighted by atomic mass is 9.87. The van der Waals surface area contributed by atoms with E-state index >= 15 is 0 Å². The summed E-state index contributed by atoms with van der Waals surface area (Å²) in [7, 11) is 0. The maximum atomic E-state index is 14.4. The third-order valence-corrected chi connectivity index (χ3v) is 3.18. The molecule has 0 aliphatic heterocycles. The van der Waals surface area contributed by atoms with Crippen molar-refractivity contribution in [2.75, 3.05) is 0 Å². The Bertz CT molecular complexity index is 472. The van der Waals surface area contributed by atoms with Crippen LogP contribution in [0, 0.1) is 0 Å². The summed E-state index contributed by atoms with van der Waals surface area (Å²) in [5.74, 6) is -3.55. The van der Waals surface area contributed by atoms with Crippen molar-refractivity contribution in [1.82, 2.24) is 5.32 Å². The van der Waals surface area contributed by atoms with Crippen molar-refractivity contribution in [3.8, 4) is 0 Å². The molecule has 19 heavy (non-hydrogen) atoms. The molecule has 0 amide bonds. The molecule has 5 heteroatoms. The van der Waals surface area contributed by atoms with Crippen molar-refractivity contribution in [3.05, 3.63) is 47.1 Å². The largest absolute Gasteiger partial charge is 0.382 e. The molecule has 1 rings (SSSR count). The molecule has 1 unspecified atom stereocenters. The Balaban J connectivity index is 3.18. The molecule has 0 saturated heterocycles. The first-order valence-corrected chi connectivity index (χ1v) is 6.29. The fraction of sp³-hybridized carbons (Fsp3) is 0.429. The smallest absolute Gasteiger partial charge is 0.318 e. The van der Waals surface area contributed by atoms with Gasteiger partial charge in [-0.15, -0.1) is 0 Å². The Hall–Kier alpha value is -1.13. The third kappa shape index (κ3) is 3.07. The molecule has 2 N–H and O–H groups in total. The summed E-state index contributed by atoms with van der Waals surface area (Å²) in [6.45, 7) is 7.78. The van der Waals surface area contributed by atoms with Gasteiger partial charge in [0.2, 0.25) is 0 Å². The molecule has 0 aliphatic rings. The van der Waals surface area contributed by atoms with Gasteiger partial charge in [-0.3, -0.25) is 0 Å². The average molecular weight is 290 g/mol. The fourth-order valence-corrected chi connectivity index (χ4v) is 2.08. The van der Waals surface area contributed by atoms with Gasteiger partial charge in [-0.2, -0.15) is 8.78 Å². The third-order valence-electron chi connectivity index (χ3n) is 2.85. The van der Waals surface area contributed by atoms with Crippen LogP contribution in [0.1, 0.15) is 26.3 Å². The second-order valence-electron chi connectivity index (χ2n) is 4.90. The topological polar surface area (TPSA) is 32.3 Å². The Labute approximate surface area is 117 Å². The molecule has 1 aromatic carbocycles. The zero-order chi connectivity index (χ0) is 14.8. The minimum atomic E-state index is -3.55. The first kappa shape index (κ1) is 15.9. The molecular weight excluding hydrogens is 272 g/mol. The van der Waals surface area contributed by atoms with Crippen molar-refractivity contribution >= 4 is 11.6 Å². The van der Waals surface area contributed by atoms with Gasteiger partial charge in [0.15, 0.2) is 5.60 Å². The lowest BCUT2D eigenvalue weighted by molar-refractivity contribution is -0.155. The summed E-state index contributed by atoms with van der Waals surface area (Å²) in [5.41, 5.74) is -3.01. The summed E-state index contributed by atoms with van der Waals surface area (Å²) in [6, 6.07) is 5.78. The van der Waals surface area contributed by atoms with Crippen LogP contribution in [0.5, 0.6) is 0 Å². The highest BCUT2D eigenvalue weighted by atomic mass is 35.5. The van der Waals surface area contributed by atoms with E-state index in [-0.39, 0.29) is 16.6 Å². The van der Waals surface area contributed by atoms with Crippen LogP contribution in [0.3, 0.4) is 0 Å². The highest BCUT2D eigenvalue weighted by Crippen LogP contribution is 2.43. The van der Waals surface area contributed by atoms with E-state index in [0.717, 1.165) is 6.92 Å². The van der Waals surface area contributed by atoms with E-state index in [9.17, 15) is 13.9 Å². The van der Waals surface area contributed by atoms with Crippen LogP contribution in [0.25, 0.3) is 0 Å². The predicted molar refractivity (Wildman–Crippen MR) is 73.4 cm³/mol. The van der Waals surface area contributed by atoms with Gasteiger partial charge in [0.25, 0.3) is 0 Å². The average Bonchev–Trinajstić information content (AvgIpc) is 2.28. The van der Waals surface area contributed by atoms with Gasteiger partial charge in [-0.05, 0) is 26.8 Å². The summed E-state index contributed by atoms with van der Waals surface area (Å²) < 4.78 is 28.7. The van der Waals surface area contributed by atoms with E-state index in [1.54, 1.807) is 26.0 Å². The molecule has 0 aliphatic carbocycles. The van der Waals surface area contributed by atoms with E-state index in [0.29, 0.717) is 0 Å². The van der Waals surface area contributed by atoms with E-state index in [1.807, 2.05) is 0 Å². The molecule has 0 fully saturated rings. The van der Waals surface area contributed by atoms with Gasteiger partial charge in [0.05, 0.1) is 5.70 Å². The van der Waals surface area contributed by atoms with Crippen LogP contribution in [0.4, 0.5) is 8.78 Å². The number of benzene rings is 1. The molecule has 1 atom stereocenters. The highest BCUT2D eigenvalue weighted by molar-refractivity contribution is 6.31. The number of alkyl halides is 2. The van der Waals surface area contributed by atoms with E-state index in [2.05, 4.69) is 11.9 Å². The maximum absolute atomic E-state index is 14.4. The number of nitrogens with one attached hydrogen (secondary N) is 1. The van der Waals surface area contributed by atoms with Crippen LogP contribution in [0.2, 0.25) is 5.02 Å². The highest BCUT2D eigenvalue weighted by Gasteiger charge is 2.53. The first-order valence-electron chi connectivity index (χ1n) is 5.91. The molecule has 0 radical (unpaired) electrons. The lowest BCUT2D eigenvalue weighted by Crippen LogP contribution is -2.48. The summed E-state index contributed by atoms with van der Waals surface area (Å²) in [5, 5.41) is 12.9. The van der Waals surface area contributed by atoms with Crippen molar-refractivity contribution in [2.45, 2.75) is 38.3 Å². The zero-order valence-corrected chi connectivity index (χ0v) is 11.9. The Kier molecular flexibility index (Phi) is 4.59. The van der Waals surface area contributed by atoms with Crippen molar-refractivity contribution in [2.24, 2.45) is 0 Å². The minimum Gasteiger partial charge on any atom is -0.382 e. The summed E-state index contributed by atoms with van der Waals surface area (Å²) >= 11 is 5.88. The maximum Gasteiger partial charge on any atom is 0.318 e. The molecule has 2 nitrogen and oxygen atoms in total. The van der Waals surface area contributed by atoms with Crippen LogP contribution < -0.4 is 5.32 Å². The number of hydrogen-bond donors (Lipinski definition) is 2. The Morgan fingerprint density at radius 2 is 1.89 bits per heavy atom. The summed E-state index contributed by atoms with van der Waals surface area (Å²) in [6.07, 6.45) is 0. The van der Waals surface area contributed by atoms with Crippen molar-refractivity contribution < 1.29 is 13.9 Å². The number of hydrogen-bond acceptors (Lipinski definition) is 2. The Morgan fingerprint density at radius 1 is 1.37 bits per heavy atom. The molecule has 106 valence electrons. The van der Waals surface area contributed by atoms with E-state index in [4.69, 9.17) is 11.6 Å². The zero-order valence-electron chi connectivity index (χ0n) is 11.2. The molecule has 0 spiro atoms. The van der Waals surface area contributed by atoms with Crippen LogP contribution >= 0.6 is 11.6 Å². The molecular formula is C14H18ClF2NO. The van der Waals surface area contributed by atoms with Gasteiger partial charge in [-0.25, -0.2) is 0 Å². The van der Waals surface area contributed by atoms with Crippen molar-refractivity contribution in [3.63, 3.8) is 0 Å². The predicted octanol–water partition coefficient (Wildman–Crippen LogP) is 3.69. The monoisotopic (exact) mass is 289 g/mol. The van der Waals surface area contributed by atoms with Gasteiger partial charge < -0.3 is 10.4 Å². The standard InChI is InChI=1S/C14H18ClF2NO/c1-9(2)18-10(3)14(16,17)13(4,19)11-7-5-6-8-12(11)15/h5-9,18-19H,3H2,1-2,4H3. The van der Waals surface area contributed by atoms with Gasteiger partial charge >= 0.3 is 5.92 Å². The molecule has 0 heterocycles. The van der Waals surface area contributed by atoms with Gasteiger partial charge in [-0.1, -0.05) is 36.4 Å². The molecule has 0 bridgehead atoms. The molecule has 0 saturated carbocycles. The quantitative estimate of drug-likeness (QED) is 0.866. The second kappa shape index (κ2) is 5.47. The van der Waals surface area contributed by atoms with Gasteiger partial charge in [0, 0.05) is 16.6 Å². The summed E-state index contributed by atoms with van der Waals surface area (Å²) in [4.78, 5) is 0. The molecule has 1 aromatic rings. The normalized spacial score (nSPS) is 15.2. The van der Waals surface area contributed by atoms with Crippen LogP contribution in [-0.2, 0) is 5.60 Å². The van der Waals surface area contributed by atoms with Crippen LogP contribution in [-0.4, -0.2) is 17.1 Å². The first-order chi connectivity index (χ1) is 8.60. The SMILES string of the molecule is C=C(NC(C)C)C(F)(F)C(C)(O)c1ccccc1Cl. The minimum absolute atomic E-state index is 0.0339. The number of aliphatic hydroxyl groups is 1. The van der Waals surface area contributed by atoms with E-state index in [1.165, 1.54) is 12.1 Å². The van der Waals surface area contributed by atoms with E-state index < -0.39 is 17.2 Å². The number of rotatable bonds is 5. The Morgan fingerprint density at radius 3 is 2.37 bits per heavy atom. The number of halogens is 3. The fourth-order valence-electron chi connectivity index (χ4n) is 1.76. The van der Waals surface area contributed by atoms with Crippen LogP contribution in [0.15, 0.2) is 36.5 Å². The lowest BCUT2D eigenvalue weighted by Gasteiger charge is -2.35.